The Labute approximate surface area is 123 Å². The number of fused-ring (bicyclic) bond motifs is 1. The van der Waals surface area contributed by atoms with Crippen molar-refractivity contribution in [1.82, 2.24) is 10.4 Å². The maximum Gasteiger partial charge on any atom is 0.251 e. The number of carbonyl (C=O) groups is 2. The van der Waals surface area contributed by atoms with Crippen molar-refractivity contribution in [1.29, 1.82) is 0 Å². The van der Waals surface area contributed by atoms with Gasteiger partial charge in [-0.1, -0.05) is 30.3 Å². The van der Waals surface area contributed by atoms with E-state index in [1.807, 2.05) is 36.4 Å². The average molecular weight is 286 g/mol. The predicted octanol–water partition coefficient (Wildman–Crippen LogP) is 1.98. The SMILES string of the molecule is CON(C)C(=O)CCNC(=O)c1ccc2ccccc2c1. The first-order valence-electron chi connectivity index (χ1n) is 6.69. The van der Waals surface area contributed by atoms with Crippen LogP contribution in [0.5, 0.6) is 0 Å². The number of nitrogens with zero attached hydrogens (tertiary/aromatic N) is 1. The molecule has 0 radical (unpaired) electrons. The second-order valence-electron chi connectivity index (χ2n) is 4.64. The van der Waals surface area contributed by atoms with Gasteiger partial charge in [-0.25, -0.2) is 5.06 Å². The van der Waals surface area contributed by atoms with Gasteiger partial charge in [0.2, 0.25) is 5.91 Å². The van der Waals surface area contributed by atoms with Gasteiger partial charge in [-0.3, -0.25) is 14.4 Å². The van der Waals surface area contributed by atoms with Crippen LogP contribution in [0.15, 0.2) is 42.5 Å². The molecule has 0 saturated heterocycles. The Kier molecular flexibility index (Phi) is 4.90. The molecular formula is C16H18N2O3. The van der Waals surface area contributed by atoms with E-state index in [0.29, 0.717) is 5.56 Å². The highest BCUT2D eigenvalue weighted by molar-refractivity contribution is 5.98. The topological polar surface area (TPSA) is 58.6 Å². The van der Waals surface area contributed by atoms with Crippen molar-refractivity contribution in [3.8, 4) is 0 Å². The molecule has 2 amide bonds. The fourth-order valence-corrected chi connectivity index (χ4v) is 1.97. The molecule has 21 heavy (non-hydrogen) atoms. The van der Waals surface area contributed by atoms with E-state index in [0.717, 1.165) is 15.8 Å². The van der Waals surface area contributed by atoms with E-state index in [-0.39, 0.29) is 24.8 Å². The number of hydroxylamine groups is 2. The molecule has 0 aromatic heterocycles. The molecule has 0 heterocycles. The maximum absolute atomic E-state index is 12.0. The summed E-state index contributed by atoms with van der Waals surface area (Å²) in [5.41, 5.74) is 0.584. The highest BCUT2D eigenvalue weighted by Gasteiger charge is 2.10. The van der Waals surface area contributed by atoms with Crippen LogP contribution in [0.2, 0.25) is 0 Å². The van der Waals surface area contributed by atoms with Gasteiger partial charge in [0.25, 0.3) is 5.91 Å². The van der Waals surface area contributed by atoms with Gasteiger partial charge in [-0.05, 0) is 22.9 Å². The van der Waals surface area contributed by atoms with Crippen molar-refractivity contribution >= 4 is 22.6 Å². The van der Waals surface area contributed by atoms with Crippen LogP contribution < -0.4 is 5.32 Å². The number of amides is 2. The molecule has 2 rings (SSSR count). The third-order valence-electron chi connectivity index (χ3n) is 3.26. The lowest BCUT2D eigenvalue weighted by Crippen LogP contribution is -2.31. The summed E-state index contributed by atoms with van der Waals surface area (Å²) in [5, 5.41) is 5.98. The van der Waals surface area contributed by atoms with Gasteiger partial charge in [-0.2, -0.15) is 0 Å². The van der Waals surface area contributed by atoms with Crippen molar-refractivity contribution in [2.45, 2.75) is 6.42 Å². The molecule has 2 aromatic carbocycles. The normalized spacial score (nSPS) is 10.4. The average Bonchev–Trinajstić information content (AvgIpc) is 2.53. The van der Waals surface area contributed by atoms with Gasteiger partial charge in [0, 0.05) is 25.6 Å². The molecule has 5 nitrogen and oxygen atoms in total. The van der Waals surface area contributed by atoms with Crippen LogP contribution in [0.25, 0.3) is 10.8 Å². The van der Waals surface area contributed by atoms with Gasteiger partial charge in [-0.15, -0.1) is 0 Å². The fraction of sp³-hybridized carbons (Fsp3) is 0.250. The van der Waals surface area contributed by atoms with Crippen LogP contribution in [0.4, 0.5) is 0 Å². The zero-order valence-electron chi connectivity index (χ0n) is 12.1. The Hall–Kier alpha value is -2.40. The number of carbonyl (C=O) groups excluding carboxylic acids is 2. The highest BCUT2D eigenvalue weighted by atomic mass is 16.7. The molecule has 0 aliphatic heterocycles. The summed E-state index contributed by atoms with van der Waals surface area (Å²) in [6, 6.07) is 13.4. The van der Waals surface area contributed by atoms with Crippen LogP contribution in [-0.4, -0.2) is 37.6 Å². The molecule has 0 atom stereocenters. The van der Waals surface area contributed by atoms with Crippen LogP contribution in [0.3, 0.4) is 0 Å². The van der Waals surface area contributed by atoms with E-state index in [1.165, 1.54) is 14.2 Å². The molecule has 0 spiro atoms. The molecular weight excluding hydrogens is 268 g/mol. The van der Waals surface area contributed by atoms with Crippen LogP contribution >= 0.6 is 0 Å². The molecule has 0 aliphatic rings. The second-order valence-corrected chi connectivity index (χ2v) is 4.64. The van der Waals surface area contributed by atoms with E-state index in [4.69, 9.17) is 4.84 Å². The molecule has 110 valence electrons. The van der Waals surface area contributed by atoms with Gasteiger partial charge in [0.15, 0.2) is 0 Å². The number of benzene rings is 2. The van der Waals surface area contributed by atoms with Crippen molar-refractivity contribution in [3.05, 3.63) is 48.0 Å². The standard InChI is InChI=1S/C16H18N2O3/c1-18(21-2)15(19)9-10-17-16(20)14-8-7-12-5-3-4-6-13(12)11-14/h3-8,11H,9-10H2,1-2H3,(H,17,20). The van der Waals surface area contributed by atoms with Gasteiger partial charge in [0.05, 0.1) is 7.11 Å². The Morgan fingerprint density at radius 2 is 1.86 bits per heavy atom. The third kappa shape index (κ3) is 3.79. The molecule has 0 aliphatic carbocycles. The summed E-state index contributed by atoms with van der Waals surface area (Å²) in [6.45, 7) is 0.276. The van der Waals surface area contributed by atoms with Gasteiger partial charge >= 0.3 is 0 Å². The van der Waals surface area contributed by atoms with Crippen molar-refractivity contribution in [2.24, 2.45) is 0 Å². The Bertz CT molecular complexity index is 655. The summed E-state index contributed by atoms with van der Waals surface area (Å²) < 4.78 is 0. The molecule has 5 heteroatoms. The fourth-order valence-electron chi connectivity index (χ4n) is 1.97. The first kappa shape index (κ1) is 15.0. The number of hydrogen-bond donors (Lipinski definition) is 1. The summed E-state index contributed by atoms with van der Waals surface area (Å²) in [6.07, 6.45) is 0.198. The number of nitrogens with one attached hydrogen (secondary N) is 1. The minimum absolute atomic E-state index is 0.184. The highest BCUT2D eigenvalue weighted by Crippen LogP contribution is 2.15. The summed E-state index contributed by atoms with van der Waals surface area (Å²) in [5.74, 6) is -0.370. The lowest BCUT2D eigenvalue weighted by molar-refractivity contribution is -0.168. The largest absolute Gasteiger partial charge is 0.352 e. The van der Waals surface area contributed by atoms with Crippen LogP contribution in [-0.2, 0) is 9.63 Å². The molecule has 0 bridgehead atoms. The van der Waals surface area contributed by atoms with E-state index in [2.05, 4.69) is 5.32 Å². The zero-order valence-corrected chi connectivity index (χ0v) is 12.1. The van der Waals surface area contributed by atoms with E-state index < -0.39 is 0 Å². The maximum atomic E-state index is 12.0. The zero-order chi connectivity index (χ0) is 15.2. The monoisotopic (exact) mass is 286 g/mol. The van der Waals surface area contributed by atoms with Crippen LogP contribution in [0, 0.1) is 0 Å². The minimum atomic E-state index is -0.186. The summed E-state index contributed by atoms with van der Waals surface area (Å²) in [4.78, 5) is 28.3. The van der Waals surface area contributed by atoms with E-state index in [1.54, 1.807) is 6.07 Å². The lowest BCUT2D eigenvalue weighted by Gasteiger charge is -2.13. The van der Waals surface area contributed by atoms with E-state index >= 15 is 0 Å². The van der Waals surface area contributed by atoms with Crippen molar-refractivity contribution in [2.75, 3.05) is 20.7 Å². The summed E-state index contributed by atoms with van der Waals surface area (Å²) >= 11 is 0. The first-order valence-corrected chi connectivity index (χ1v) is 6.69. The smallest absolute Gasteiger partial charge is 0.251 e. The van der Waals surface area contributed by atoms with Crippen LogP contribution in [0.1, 0.15) is 16.8 Å². The molecule has 0 unspecified atom stereocenters. The molecule has 1 N–H and O–H groups in total. The number of hydrogen-bond acceptors (Lipinski definition) is 3. The summed E-state index contributed by atoms with van der Waals surface area (Å²) in [7, 11) is 2.96. The number of rotatable bonds is 5. The molecule has 2 aromatic rings. The van der Waals surface area contributed by atoms with Gasteiger partial charge in [0.1, 0.15) is 0 Å². The Morgan fingerprint density at radius 3 is 2.57 bits per heavy atom. The Morgan fingerprint density at radius 1 is 1.14 bits per heavy atom. The van der Waals surface area contributed by atoms with E-state index in [9.17, 15) is 9.59 Å². The van der Waals surface area contributed by atoms with Crippen molar-refractivity contribution < 1.29 is 14.4 Å². The minimum Gasteiger partial charge on any atom is -0.352 e. The molecule has 0 saturated carbocycles. The first-order chi connectivity index (χ1) is 10.1. The lowest BCUT2D eigenvalue weighted by atomic mass is 10.1. The molecule has 0 fully saturated rings. The van der Waals surface area contributed by atoms with Gasteiger partial charge < -0.3 is 5.32 Å². The Balaban J connectivity index is 1.94. The van der Waals surface area contributed by atoms with Crippen molar-refractivity contribution in [3.63, 3.8) is 0 Å². The quantitative estimate of drug-likeness (QED) is 0.855. The predicted molar refractivity (Wildman–Crippen MR) is 80.7 cm³/mol. The third-order valence-corrected chi connectivity index (χ3v) is 3.26. The second kappa shape index (κ2) is 6.85.